The third-order valence-corrected chi connectivity index (χ3v) is 2.27. The van der Waals surface area contributed by atoms with Crippen LogP contribution in [-0.2, 0) is 4.79 Å². The smallest absolute Gasteiger partial charge is 0.224 e. The predicted octanol–water partition coefficient (Wildman–Crippen LogP) is 1.67. The summed E-state index contributed by atoms with van der Waals surface area (Å²) in [4.78, 5) is 11.1. The molecule has 0 aliphatic heterocycles. The first kappa shape index (κ1) is 10.6. The van der Waals surface area contributed by atoms with Gasteiger partial charge in [0.25, 0.3) is 0 Å². The van der Waals surface area contributed by atoms with Crippen molar-refractivity contribution in [3.05, 3.63) is 29.8 Å². The maximum Gasteiger partial charge on any atom is 0.224 e. The molecule has 0 aromatic heterocycles. The van der Waals surface area contributed by atoms with Gasteiger partial charge in [-0.3, -0.25) is 4.79 Å². The lowest BCUT2D eigenvalue weighted by molar-refractivity contribution is -0.119. The lowest BCUT2D eigenvalue weighted by atomic mass is 9.96. The third kappa shape index (κ3) is 2.25. The van der Waals surface area contributed by atoms with Crippen molar-refractivity contribution in [1.82, 2.24) is 0 Å². The van der Waals surface area contributed by atoms with E-state index >= 15 is 0 Å². The topological polar surface area (TPSA) is 52.3 Å². The van der Waals surface area contributed by atoms with E-state index in [4.69, 9.17) is 10.5 Å². The molecule has 0 fully saturated rings. The second kappa shape index (κ2) is 4.65. The predicted molar refractivity (Wildman–Crippen MR) is 55.2 cm³/mol. The minimum absolute atomic E-state index is 0.194. The number of benzene rings is 1. The molecule has 1 amide bonds. The van der Waals surface area contributed by atoms with Crippen molar-refractivity contribution in [2.24, 2.45) is 5.73 Å². The van der Waals surface area contributed by atoms with Crippen LogP contribution in [0.4, 0.5) is 0 Å². The van der Waals surface area contributed by atoms with Crippen LogP contribution in [0.15, 0.2) is 24.3 Å². The fraction of sp³-hybridized carbons (Fsp3) is 0.364. The first-order chi connectivity index (χ1) is 6.69. The molecule has 14 heavy (non-hydrogen) atoms. The average molecular weight is 193 g/mol. The summed E-state index contributed by atoms with van der Waals surface area (Å²) in [6, 6.07) is 7.41. The maximum atomic E-state index is 11.1. The van der Waals surface area contributed by atoms with Gasteiger partial charge in [-0.25, -0.2) is 0 Å². The highest BCUT2D eigenvalue weighted by Crippen LogP contribution is 2.21. The number of rotatable bonds is 4. The summed E-state index contributed by atoms with van der Waals surface area (Å²) in [5.41, 5.74) is 6.22. The third-order valence-electron chi connectivity index (χ3n) is 2.27. The lowest BCUT2D eigenvalue weighted by Gasteiger charge is -2.11. The van der Waals surface area contributed by atoms with Crippen LogP contribution in [0, 0.1) is 0 Å². The van der Waals surface area contributed by atoms with Crippen LogP contribution in [-0.4, -0.2) is 13.0 Å². The first-order valence-corrected chi connectivity index (χ1v) is 4.62. The first-order valence-electron chi connectivity index (χ1n) is 4.62. The van der Waals surface area contributed by atoms with E-state index in [-0.39, 0.29) is 11.8 Å². The molecule has 0 aliphatic rings. The van der Waals surface area contributed by atoms with Crippen molar-refractivity contribution in [2.45, 2.75) is 19.3 Å². The molecule has 0 spiro atoms. The van der Waals surface area contributed by atoms with E-state index in [1.165, 1.54) is 0 Å². The molecule has 0 saturated heterocycles. The van der Waals surface area contributed by atoms with Gasteiger partial charge in [-0.1, -0.05) is 19.1 Å². The van der Waals surface area contributed by atoms with E-state index in [0.29, 0.717) is 0 Å². The summed E-state index contributed by atoms with van der Waals surface area (Å²) in [6.07, 6.45) is 0.724. The molecular formula is C11H15NO2. The van der Waals surface area contributed by atoms with Gasteiger partial charge in [-0.15, -0.1) is 0 Å². The van der Waals surface area contributed by atoms with Crippen molar-refractivity contribution in [3.63, 3.8) is 0 Å². The summed E-state index contributed by atoms with van der Waals surface area (Å²) in [7, 11) is 1.61. The number of ether oxygens (including phenoxy) is 1. The minimum Gasteiger partial charge on any atom is -0.497 e. The summed E-state index contributed by atoms with van der Waals surface area (Å²) < 4.78 is 5.03. The van der Waals surface area contributed by atoms with Gasteiger partial charge in [-0.05, 0) is 24.1 Å². The van der Waals surface area contributed by atoms with Gasteiger partial charge in [-0.2, -0.15) is 0 Å². The Morgan fingerprint density at radius 1 is 1.43 bits per heavy atom. The molecule has 1 aromatic rings. The largest absolute Gasteiger partial charge is 0.497 e. The highest BCUT2D eigenvalue weighted by Gasteiger charge is 2.14. The number of hydrogen-bond acceptors (Lipinski definition) is 2. The highest BCUT2D eigenvalue weighted by atomic mass is 16.5. The molecule has 76 valence electrons. The summed E-state index contributed by atoms with van der Waals surface area (Å²) in [6.45, 7) is 1.94. The second-order valence-electron chi connectivity index (χ2n) is 3.14. The Balaban J connectivity index is 2.89. The fourth-order valence-corrected chi connectivity index (χ4v) is 1.44. The Morgan fingerprint density at radius 3 is 2.36 bits per heavy atom. The van der Waals surface area contributed by atoms with Gasteiger partial charge < -0.3 is 10.5 Å². The van der Waals surface area contributed by atoms with Crippen LogP contribution in [0.1, 0.15) is 24.8 Å². The summed E-state index contributed by atoms with van der Waals surface area (Å²) in [5, 5.41) is 0. The van der Waals surface area contributed by atoms with Crippen molar-refractivity contribution >= 4 is 5.91 Å². The van der Waals surface area contributed by atoms with E-state index in [9.17, 15) is 4.79 Å². The Bertz CT molecular complexity index is 306. The van der Waals surface area contributed by atoms with Crippen LogP contribution in [0.3, 0.4) is 0 Å². The van der Waals surface area contributed by atoms with Crippen LogP contribution in [0.2, 0.25) is 0 Å². The number of primary amides is 1. The Labute approximate surface area is 83.9 Å². The van der Waals surface area contributed by atoms with Crippen molar-refractivity contribution < 1.29 is 9.53 Å². The standard InChI is InChI=1S/C11H15NO2/c1-3-10(11(12)13)8-4-6-9(14-2)7-5-8/h4-7,10H,3H2,1-2H3,(H2,12,13)/t10-/m0/s1. The molecule has 0 saturated carbocycles. The molecule has 3 nitrogen and oxygen atoms in total. The molecule has 0 bridgehead atoms. The molecular weight excluding hydrogens is 178 g/mol. The second-order valence-corrected chi connectivity index (χ2v) is 3.14. The van der Waals surface area contributed by atoms with Gasteiger partial charge in [0.15, 0.2) is 0 Å². The van der Waals surface area contributed by atoms with Gasteiger partial charge in [0, 0.05) is 0 Å². The van der Waals surface area contributed by atoms with Crippen LogP contribution < -0.4 is 10.5 Å². The fourth-order valence-electron chi connectivity index (χ4n) is 1.44. The van der Waals surface area contributed by atoms with Gasteiger partial charge in [0.1, 0.15) is 5.75 Å². The number of carbonyl (C=O) groups excluding carboxylic acids is 1. The minimum atomic E-state index is -0.280. The normalized spacial score (nSPS) is 12.1. The molecule has 2 N–H and O–H groups in total. The van der Waals surface area contributed by atoms with Crippen molar-refractivity contribution in [2.75, 3.05) is 7.11 Å². The van der Waals surface area contributed by atoms with Gasteiger partial charge >= 0.3 is 0 Å². The monoisotopic (exact) mass is 193 g/mol. The van der Waals surface area contributed by atoms with E-state index in [2.05, 4.69) is 0 Å². The van der Waals surface area contributed by atoms with Gasteiger partial charge in [0.05, 0.1) is 13.0 Å². The van der Waals surface area contributed by atoms with Crippen LogP contribution >= 0.6 is 0 Å². The number of carbonyl (C=O) groups is 1. The highest BCUT2D eigenvalue weighted by molar-refractivity contribution is 5.81. The Kier molecular flexibility index (Phi) is 3.51. The molecule has 0 radical (unpaired) electrons. The zero-order valence-electron chi connectivity index (χ0n) is 8.49. The van der Waals surface area contributed by atoms with E-state index in [1.54, 1.807) is 7.11 Å². The number of nitrogens with two attached hydrogens (primary N) is 1. The maximum absolute atomic E-state index is 11.1. The molecule has 1 rings (SSSR count). The summed E-state index contributed by atoms with van der Waals surface area (Å²) in [5.74, 6) is 0.312. The van der Waals surface area contributed by atoms with Crippen molar-refractivity contribution in [3.8, 4) is 5.75 Å². The quantitative estimate of drug-likeness (QED) is 0.790. The van der Waals surface area contributed by atoms with Crippen LogP contribution in [0.5, 0.6) is 5.75 Å². The zero-order valence-corrected chi connectivity index (χ0v) is 8.49. The van der Waals surface area contributed by atoms with E-state index < -0.39 is 0 Å². The Hall–Kier alpha value is -1.51. The molecule has 0 heterocycles. The molecule has 1 aromatic carbocycles. The molecule has 0 unspecified atom stereocenters. The molecule has 3 heteroatoms. The van der Waals surface area contributed by atoms with E-state index in [0.717, 1.165) is 17.7 Å². The lowest BCUT2D eigenvalue weighted by Crippen LogP contribution is -2.20. The number of hydrogen-bond donors (Lipinski definition) is 1. The molecule has 0 aliphatic carbocycles. The Morgan fingerprint density at radius 2 is 2.00 bits per heavy atom. The van der Waals surface area contributed by atoms with Gasteiger partial charge in [0.2, 0.25) is 5.91 Å². The summed E-state index contributed by atoms with van der Waals surface area (Å²) >= 11 is 0. The number of amides is 1. The SMILES string of the molecule is CC[C@H](C(N)=O)c1ccc(OC)cc1. The number of methoxy groups -OCH3 is 1. The van der Waals surface area contributed by atoms with Crippen molar-refractivity contribution in [1.29, 1.82) is 0 Å². The van der Waals surface area contributed by atoms with E-state index in [1.807, 2.05) is 31.2 Å². The molecule has 1 atom stereocenters. The van der Waals surface area contributed by atoms with Crippen LogP contribution in [0.25, 0.3) is 0 Å². The average Bonchev–Trinajstić information content (AvgIpc) is 2.19. The zero-order chi connectivity index (χ0) is 10.6.